The number of rotatable bonds is 2. The lowest BCUT2D eigenvalue weighted by Gasteiger charge is -2.23. The molecule has 0 spiro atoms. The number of aryl methyl sites for hydroxylation is 1. The smallest absolute Gasteiger partial charge is 0.129 e. The maximum Gasteiger partial charge on any atom is 0.129 e. The summed E-state index contributed by atoms with van der Waals surface area (Å²) in [6.45, 7) is 8.14. The van der Waals surface area contributed by atoms with Crippen molar-refractivity contribution in [2.45, 2.75) is 33.3 Å². The van der Waals surface area contributed by atoms with Crippen LogP contribution in [0.1, 0.15) is 32.0 Å². The van der Waals surface area contributed by atoms with Crippen molar-refractivity contribution in [3.8, 4) is 22.9 Å². The van der Waals surface area contributed by atoms with Crippen LogP contribution in [0.3, 0.4) is 0 Å². The fourth-order valence-electron chi connectivity index (χ4n) is 2.51. The highest BCUT2D eigenvalue weighted by atomic mass is 32.1. The van der Waals surface area contributed by atoms with Crippen molar-refractivity contribution in [2.75, 3.05) is 0 Å². The lowest BCUT2D eigenvalue weighted by atomic mass is 10.0. The third-order valence-electron chi connectivity index (χ3n) is 3.50. The van der Waals surface area contributed by atoms with Crippen molar-refractivity contribution in [3.63, 3.8) is 0 Å². The Morgan fingerprint density at radius 2 is 1.78 bits per heavy atom. The van der Waals surface area contributed by atoms with Gasteiger partial charge < -0.3 is 4.74 Å². The Kier molecular flexibility index (Phi) is 3.83. The summed E-state index contributed by atoms with van der Waals surface area (Å²) in [4.78, 5) is 0. The predicted molar refractivity (Wildman–Crippen MR) is 94.9 cm³/mol. The summed E-state index contributed by atoms with van der Waals surface area (Å²) in [6, 6.07) is 13.9. The van der Waals surface area contributed by atoms with Gasteiger partial charge >= 0.3 is 0 Å². The number of ether oxygens (including phenoxy) is 1. The third kappa shape index (κ3) is 3.06. The van der Waals surface area contributed by atoms with Crippen LogP contribution in [-0.4, -0.2) is 9.97 Å². The number of nitriles is 1. The zero-order chi connectivity index (χ0) is 16.6. The minimum Gasteiger partial charge on any atom is -0.487 e. The maximum atomic E-state index is 9.00. The first-order valence-corrected chi connectivity index (χ1v) is 8.25. The van der Waals surface area contributed by atoms with Gasteiger partial charge in [0.25, 0.3) is 0 Å². The highest BCUT2D eigenvalue weighted by Gasteiger charge is 2.19. The van der Waals surface area contributed by atoms with Crippen molar-refractivity contribution in [1.29, 1.82) is 5.26 Å². The summed E-state index contributed by atoms with van der Waals surface area (Å²) in [5.74, 6) is 0.846. The number of aromatic nitrogens is 1. The number of hydrogen-bond acceptors (Lipinski definition) is 4. The van der Waals surface area contributed by atoms with Crippen molar-refractivity contribution in [1.82, 2.24) is 4.37 Å². The van der Waals surface area contributed by atoms with Gasteiger partial charge in [0.1, 0.15) is 11.4 Å². The van der Waals surface area contributed by atoms with Crippen LogP contribution >= 0.6 is 11.5 Å². The first kappa shape index (κ1) is 15.5. The Morgan fingerprint density at radius 1 is 1.09 bits per heavy atom. The molecule has 1 heterocycles. The van der Waals surface area contributed by atoms with Gasteiger partial charge in [0.15, 0.2) is 0 Å². The fraction of sp³-hybridized carbons (Fsp3) is 0.263. The molecule has 0 aliphatic rings. The maximum absolute atomic E-state index is 9.00. The van der Waals surface area contributed by atoms with Gasteiger partial charge in [-0.2, -0.15) is 9.64 Å². The molecule has 3 aromatic rings. The van der Waals surface area contributed by atoms with E-state index in [9.17, 15) is 0 Å². The normalized spacial score (nSPS) is 11.4. The molecule has 0 atom stereocenters. The molecule has 0 radical (unpaired) electrons. The van der Waals surface area contributed by atoms with E-state index < -0.39 is 0 Å². The van der Waals surface area contributed by atoms with Crippen LogP contribution < -0.4 is 4.74 Å². The molecule has 3 nitrogen and oxygen atoms in total. The van der Waals surface area contributed by atoms with Crippen molar-refractivity contribution < 1.29 is 4.74 Å². The Bertz CT molecular complexity index is 896. The van der Waals surface area contributed by atoms with Gasteiger partial charge in [-0.3, -0.25) is 0 Å². The topological polar surface area (TPSA) is 45.9 Å². The number of nitrogens with zero attached hydrogens (tertiary/aromatic N) is 2. The summed E-state index contributed by atoms with van der Waals surface area (Å²) < 4.78 is 11.8. The molecule has 23 heavy (non-hydrogen) atoms. The van der Waals surface area contributed by atoms with Gasteiger partial charge in [-0.25, -0.2) is 0 Å². The lowest BCUT2D eigenvalue weighted by molar-refractivity contribution is 0.132. The quantitative estimate of drug-likeness (QED) is 0.641. The van der Waals surface area contributed by atoms with E-state index in [-0.39, 0.29) is 5.60 Å². The standard InChI is InChI=1S/C19H18N2OS/c1-12-15-9-10-16(22-19(2,3)4)17(18(15)23-21-12)14-7-5-13(11-20)6-8-14/h5-10H,1-4H3. The first-order chi connectivity index (χ1) is 10.9. The minimum absolute atomic E-state index is 0.283. The molecule has 4 heteroatoms. The molecule has 0 fully saturated rings. The van der Waals surface area contributed by atoms with Crippen LogP contribution in [0.5, 0.6) is 5.75 Å². The molecule has 2 aromatic carbocycles. The van der Waals surface area contributed by atoms with Crippen LogP contribution in [0, 0.1) is 18.3 Å². The second-order valence-corrected chi connectivity index (χ2v) is 7.26. The average molecular weight is 322 g/mol. The van der Waals surface area contributed by atoms with E-state index in [1.54, 1.807) is 0 Å². The fourth-order valence-corrected chi connectivity index (χ4v) is 3.46. The van der Waals surface area contributed by atoms with E-state index >= 15 is 0 Å². The molecule has 0 unspecified atom stereocenters. The second-order valence-electron chi connectivity index (χ2n) is 6.49. The van der Waals surface area contributed by atoms with E-state index in [1.165, 1.54) is 11.5 Å². The van der Waals surface area contributed by atoms with Gasteiger partial charge in [0.05, 0.1) is 22.0 Å². The monoisotopic (exact) mass is 322 g/mol. The van der Waals surface area contributed by atoms with Crippen molar-refractivity contribution in [3.05, 3.63) is 47.7 Å². The summed E-state index contributed by atoms with van der Waals surface area (Å²) in [7, 11) is 0. The van der Waals surface area contributed by atoms with Gasteiger partial charge in [-0.05, 0) is 69.1 Å². The summed E-state index contributed by atoms with van der Waals surface area (Å²) in [6.07, 6.45) is 0. The average Bonchev–Trinajstić information content (AvgIpc) is 2.87. The highest BCUT2D eigenvalue weighted by molar-refractivity contribution is 7.14. The molecule has 0 saturated heterocycles. The van der Waals surface area contributed by atoms with Gasteiger partial charge in [-0.15, -0.1) is 0 Å². The Labute approximate surface area is 140 Å². The van der Waals surface area contributed by atoms with Gasteiger partial charge in [-0.1, -0.05) is 12.1 Å². The van der Waals surface area contributed by atoms with E-state index in [2.05, 4.69) is 16.5 Å². The van der Waals surface area contributed by atoms with Gasteiger partial charge in [0.2, 0.25) is 0 Å². The molecule has 0 aliphatic heterocycles. The molecule has 0 amide bonds. The molecular weight excluding hydrogens is 304 g/mol. The molecule has 1 aromatic heterocycles. The molecule has 0 N–H and O–H groups in total. The Morgan fingerprint density at radius 3 is 2.39 bits per heavy atom. The van der Waals surface area contributed by atoms with Gasteiger partial charge in [0, 0.05) is 10.9 Å². The van der Waals surface area contributed by atoms with E-state index in [4.69, 9.17) is 10.00 Å². The lowest BCUT2D eigenvalue weighted by Crippen LogP contribution is -2.23. The van der Waals surface area contributed by atoms with Crippen LogP contribution in [0.4, 0.5) is 0 Å². The zero-order valence-corrected chi connectivity index (χ0v) is 14.5. The van der Waals surface area contributed by atoms with E-state index in [0.717, 1.165) is 32.7 Å². The zero-order valence-electron chi connectivity index (χ0n) is 13.7. The molecule has 3 rings (SSSR count). The van der Waals surface area contributed by atoms with Crippen LogP contribution in [0.15, 0.2) is 36.4 Å². The van der Waals surface area contributed by atoms with Crippen LogP contribution in [0.2, 0.25) is 0 Å². The molecule has 0 saturated carbocycles. The predicted octanol–water partition coefficient (Wildman–Crippen LogP) is 5.32. The van der Waals surface area contributed by atoms with Crippen LogP contribution in [-0.2, 0) is 0 Å². The first-order valence-electron chi connectivity index (χ1n) is 7.47. The Balaban J connectivity index is 2.25. The summed E-state index contributed by atoms with van der Waals surface area (Å²) in [5.41, 5.74) is 3.49. The SMILES string of the molecule is Cc1nsc2c(-c3ccc(C#N)cc3)c(OC(C)(C)C)ccc12. The second kappa shape index (κ2) is 5.68. The van der Waals surface area contributed by atoms with E-state index in [1.807, 2.05) is 58.0 Å². The number of benzene rings is 2. The number of hydrogen-bond donors (Lipinski definition) is 0. The van der Waals surface area contributed by atoms with Crippen molar-refractivity contribution >= 4 is 21.6 Å². The number of fused-ring (bicyclic) bond motifs is 1. The highest BCUT2D eigenvalue weighted by Crippen LogP contribution is 2.41. The third-order valence-corrected chi connectivity index (χ3v) is 4.47. The van der Waals surface area contributed by atoms with E-state index in [0.29, 0.717) is 5.56 Å². The molecule has 116 valence electrons. The van der Waals surface area contributed by atoms with Crippen LogP contribution in [0.25, 0.3) is 21.2 Å². The molecule has 0 bridgehead atoms. The minimum atomic E-state index is -0.283. The van der Waals surface area contributed by atoms with Crippen molar-refractivity contribution in [2.24, 2.45) is 0 Å². The largest absolute Gasteiger partial charge is 0.487 e. The summed E-state index contributed by atoms with van der Waals surface area (Å²) >= 11 is 1.49. The molecule has 0 aliphatic carbocycles. The Hall–Kier alpha value is -2.38. The summed E-state index contributed by atoms with van der Waals surface area (Å²) in [5, 5.41) is 10.1. The molecular formula is C19H18N2OS.